The second kappa shape index (κ2) is 1.53. The number of hydrogen-bond acceptors (Lipinski definition) is 4. The predicted octanol–water partition coefficient (Wildman–Crippen LogP) is -1.12. The zero-order chi connectivity index (χ0) is 7.26. The average molecular weight is 147 g/mol. The van der Waals surface area contributed by atoms with Crippen LogP contribution < -0.4 is 10.6 Å². The topological polar surface area (TPSA) is 41.6 Å². The zero-order valence-electron chi connectivity index (χ0n) is 5.69. The number of aliphatic imine (C=N–C) groups is 1. The van der Waals surface area contributed by atoms with Crippen LogP contribution in [0.1, 0.15) is 0 Å². The lowest BCUT2D eigenvalue weighted by atomic mass is 10.3. The minimum atomic E-state index is 0.809. The number of rotatable bonds is 0. The van der Waals surface area contributed by atoms with Gasteiger partial charge in [0.05, 0.1) is 36.2 Å². The first-order valence-corrected chi connectivity index (χ1v) is 3.39. The average Bonchev–Trinajstić information content (AvgIpc) is 2.58. The number of nitrogens with zero attached hydrogens (tertiary/aromatic N) is 3. The van der Waals surface area contributed by atoms with Crippen LogP contribution in [-0.4, -0.2) is 22.9 Å². The number of fused-ring (bicyclic) bond motifs is 3. The summed E-state index contributed by atoms with van der Waals surface area (Å²) >= 11 is 0. The summed E-state index contributed by atoms with van der Waals surface area (Å²) in [6.45, 7) is 0.855. The van der Waals surface area contributed by atoms with Crippen LogP contribution in [0.4, 0.5) is 0 Å². The maximum absolute atomic E-state index is 4.99. The van der Waals surface area contributed by atoms with Crippen LogP contribution in [0.2, 0.25) is 0 Å². The van der Waals surface area contributed by atoms with Crippen molar-refractivity contribution in [2.24, 2.45) is 4.99 Å². The monoisotopic (exact) mass is 147 g/mol. The highest BCUT2D eigenvalue weighted by atomic mass is 16.5. The van der Waals surface area contributed by atoms with Crippen LogP contribution in [0, 0.1) is 0 Å². The maximum atomic E-state index is 4.99. The minimum Gasteiger partial charge on any atom is -0.355 e. The molecule has 2 bridgehead atoms. The lowest BCUT2D eigenvalue weighted by molar-refractivity contribution is 0.388. The Balaban J connectivity index is 2.59. The number of hydrogen-bond donors (Lipinski definition) is 0. The van der Waals surface area contributed by atoms with E-state index in [4.69, 9.17) is 4.52 Å². The molecule has 1 aromatic rings. The van der Waals surface area contributed by atoms with Crippen molar-refractivity contribution in [3.8, 4) is 0 Å². The Morgan fingerprint density at radius 2 is 2.55 bits per heavy atom. The van der Waals surface area contributed by atoms with E-state index in [-0.39, 0.29) is 0 Å². The molecule has 0 amide bonds. The molecule has 0 spiro atoms. The van der Waals surface area contributed by atoms with Crippen molar-refractivity contribution in [1.82, 2.24) is 10.1 Å². The highest BCUT2D eigenvalue weighted by Gasteiger charge is 2.15. The van der Waals surface area contributed by atoms with Crippen molar-refractivity contribution in [2.45, 2.75) is 0 Å². The molecule has 0 N–H and O–H groups in total. The molecule has 54 valence electrons. The maximum Gasteiger partial charge on any atom is 0.184 e. The fourth-order valence-corrected chi connectivity index (χ4v) is 1.34. The quantitative estimate of drug-likeness (QED) is 0.466. The summed E-state index contributed by atoms with van der Waals surface area (Å²) in [6.07, 6.45) is 5.41. The first-order valence-electron chi connectivity index (χ1n) is 3.39. The number of aromatic nitrogens is 1. The van der Waals surface area contributed by atoms with E-state index in [0.29, 0.717) is 0 Å². The van der Waals surface area contributed by atoms with Crippen molar-refractivity contribution in [3.63, 3.8) is 0 Å². The third-order valence-corrected chi connectivity index (χ3v) is 1.89. The lowest BCUT2D eigenvalue weighted by Crippen LogP contribution is -2.31. The summed E-state index contributed by atoms with van der Waals surface area (Å²) in [7, 11) is 0. The van der Waals surface area contributed by atoms with Gasteiger partial charge in [-0.3, -0.25) is 0 Å². The van der Waals surface area contributed by atoms with E-state index < -0.39 is 0 Å². The van der Waals surface area contributed by atoms with Gasteiger partial charge in [0.15, 0.2) is 5.42 Å². The second-order valence-corrected chi connectivity index (χ2v) is 2.60. The van der Waals surface area contributed by atoms with E-state index in [1.54, 1.807) is 12.5 Å². The van der Waals surface area contributed by atoms with Gasteiger partial charge in [-0.15, -0.1) is 0 Å². The first-order chi connectivity index (χ1) is 5.43. The highest BCUT2D eigenvalue weighted by molar-refractivity contribution is 5.77. The zero-order valence-corrected chi connectivity index (χ0v) is 5.69. The molecule has 0 unspecified atom stereocenters. The molecule has 2 aliphatic heterocycles. The largest absolute Gasteiger partial charge is 0.355 e. The van der Waals surface area contributed by atoms with Crippen LogP contribution in [0.15, 0.2) is 15.7 Å². The first kappa shape index (κ1) is 5.12. The molecule has 0 aromatic carbocycles. The highest BCUT2D eigenvalue weighted by Crippen LogP contribution is 2.08. The van der Waals surface area contributed by atoms with Crippen molar-refractivity contribution >= 4 is 18.2 Å². The Morgan fingerprint density at radius 3 is 3.55 bits per heavy atom. The predicted molar refractivity (Wildman–Crippen MR) is 38.8 cm³/mol. The van der Waals surface area contributed by atoms with Crippen molar-refractivity contribution in [3.05, 3.63) is 16.8 Å². The molecular formula is C7H5N3O. The van der Waals surface area contributed by atoms with Gasteiger partial charge in [0.2, 0.25) is 0 Å². The molecule has 0 saturated carbocycles. The van der Waals surface area contributed by atoms with Crippen LogP contribution in [0.3, 0.4) is 0 Å². The third kappa shape index (κ3) is 0.537. The fraction of sp³-hybridized carbons (Fsp3) is 0.143. The summed E-state index contributed by atoms with van der Waals surface area (Å²) in [5, 5.41) is 4.72. The van der Waals surface area contributed by atoms with Gasteiger partial charge in [-0.05, 0) is 0 Å². The van der Waals surface area contributed by atoms with Crippen LogP contribution >= 0.6 is 0 Å². The third-order valence-electron chi connectivity index (χ3n) is 1.89. The van der Waals surface area contributed by atoms with Crippen LogP contribution in [0.5, 0.6) is 0 Å². The van der Waals surface area contributed by atoms with Gasteiger partial charge in [0.1, 0.15) is 0 Å². The van der Waals surface area contributed by atoms with Crippen LogP contribution in [0.25, 0.3) is 11.9 Å². The van der Waals surface area contributed by atoms with E-state index >= 15 is 0 Å². The lowest BCUT2D eigenvalue weighted by Gasteiger charge is -2.06. The Kier molecular flexibility index (Phi) is 0.711. The Morgan fingerprint density at radius 1 is 1.55 bits per heavy atom. The molecule has 3 heterocycles. The van der Waals surface area contributed by atoms with Gasteiger partial charge in [-0.25, -0.2) is 4.99 Å². The van der Waals surface area contributed by atoms with E-state index in [2.05, 4.69) is 10.1 Å². The van der Waals surface area contributed by atoms with Crippen LogP contribution in [-0.2, 0) is 0 Å². The molecule has 0 saturated heterocycles. The Bertz CT molecular complexity index is 442. The molecule has 0 radical (unpaired) electrons. The molecule has 3 rings (SSSR count). The summed E-state index contributed by atoms with van der Waals surface area (Å²) in [6, 6.07) is 0. The summed E-state index contributed by atoms with van der Waals surface area (Å²) in [5.74, 6) is 0. The van der Waals surface area contributed by atoms with E-state index in [1.807, 2.05) is 11.1 Å². The standard InChI is InChI=1S/C7H5N3O/c1-5-6-2-10(4-8-6)3-7(5)11-9-1/h1,3-4H,2H2. The van der Waals surface area contributed by atoms with Gasteiger partial charge in [-0.2, -0.15) is 0 Å². The molecule has 0 fully saturated rings. The summed E-state index contributed by atoms with van der Waals surface area (Å²) in [4.78, 5) is 6.17. The van der Waals surface area contributed by atoms with Gasteiger partial charge >= 0.3 is 0 Å². The minimum absolute atomic E-state index is 0.809. The van der Waals surface area contributed by atoms with Crippen molar-refractivity contribution in [2.75, 3.05) is 6.54 Å². The van der Waals surface area contributed by atoms with Gasteiger partial charge in [0, 0.05) is 0 Å². The van der Waals surface area contributed by atoms with E-state index in [9.17, 15) is 0 Å². The summed E-state index contributed by atoms with van der Waals surface area (Å²) in [5.41, 5.74) is 1.85. The fourth-order valence-electron chi connectivity index (χ4n) is 1.34. The normalized spacial score (nSPS) is 18.5. The molecule has 1 aromatic heterocycles. The molecule has 4 nitrogen and oxygen atoms in total. The molecule has 11 heavy (non-hydrogen) atoms. The van der Waals surface area contributed by atoms with Gasteiger partial charge < -0.3 is 9.42 Å². The molecule has 0 aliphatic carbocycles. The van der Waals surface area contributed by atoms with E-state index in [1.165, 1.54) is 0 Å². The molecule has 4 heteroatoms. The molecule has 2 aliphatic rings. The SMILES string of the molecule is C1=NC2=c3cnoc3=CN1C2. The van der Waals surface area contributed by atoms with E-state index in [0.717, 1.165) is 22.9 Å². The summed E-state index contributed by atoms with van der Waals surface area (Å²) < 4.78 is 4.99. The van der Waals surface area contributed by atoms with Gasteiger partial charge in [-0.1, -0.05) is 5.16 Å². The molecule has 0 atom stereocenters. The Labute approximate surface area is 62.1 Å². The smallest absolute Gasteiger partial charge is 0.184 e. The van der Waals surface area contributed by atoms with Crippen molar-refractivity contribution in [1.29, 1.82) is 0 Å². The Hall–Kier alpha value is -1.58. The van der Waals surface area contributed by atoms with Crippen molar-refractivity contribution < 1.29 is 4.52 Å². The molecular weight excluding hydrogens is 142 g/mol. The second-order valence-electron chi connectivity index (χ2n) is 2.60. The van der Waals surface area contributed by atoms with Gasteiger partial charge in [0.25, 0.3) is 0 Å².